The third-order valence-electron chi connectivity index (χ3n) is 3.09. The summed E-state index contributed by atoms with van der Waals surface area (Å²) in [6.45, 7) is 5.73. The molecule has 20 heavy (non-hydrogen) atoms. The predicted octanol–water partition coefficient (Wildman–Crippen LogP) is 3.30. The Hall–Kier alpha value is -2.21. The van der Waals surface area contributed by atoms with E-state index in [9.17, 15) is 10.1 Å². The molecule has 2 aromatic rings. The van der Waals surface area contributed by atoms with Crippen molar-refractivity contribution in [1.82, 2.24) is 10.3 Å². The van der Waals surface area contributed by atoms with Crippen LogP contribution < -0.4 is 5.32 Å². The van der Waals surface area contributed by atoms with Crippen LogP contribution in [0.5, 0.6) is 0 Å². The second kappa shape index (κ2) is 5.83. The summed E-state index contributed by atoms with van der Waals surface area (Å²) in [5.74, 6) is 1.37. The molecule has 0 bridgehead atoms. The average molecular weight is 275 g/mol. The van der Waals surface area contributed by atoms with E-state index in [1.165, 1.54) is 6.07 Å². The molecule has 0 amide bonds. The molecule has 0 aliphatic carbocycles. The van der Waals surface area contributed by atoms with Gasteiger partial charge in [0.05, 0.1) is 17.2 Å². The molecule has 0 radical (unpaired) electrons. The second-order valence-electron chi connectivity index (χ2n) is 4.77. The maximum absolute atomic E-state index is 10.8. The molecule has 0 aliphatic rings. The normalized spacial score (nSPS) is 13.9. The minimum absolute atomic E-state index is 0.0443. The average Bonchev–Trinajstić information content (AvgIpc) is 2.85. The molecule has 1 N–H and O–H groups in total. The van der Waals surface area contributed by atoms with E-state index in [0.29, 0.717) is 5.89 Å². The molecule has 0 saturated heterocycles. The quantitative estimate of drug-likeness (QED) is 0.668. The molecule has 0 saturated carbocycles. The second-order valence-corrected chi connectivity index (χ2v) is 4.77. The Morgan fingerprint density at radius 1 is 1.35 bits per heavy atom. The summed E-state index contributed by atoms with van der Waals surface area (Å²) in [7, 11) is 0. The van der Waals surface area contributed by atoms with Gasteiger partial charge >= 0.3 is 0 Å². The molecule has 2 rings (SSSR count). The van der Waals surface area contributed by atoms with Gasteiger partial charge in [-0.1, -0.05) is 12.1 Å². The highest BCUT2D eigenvalue weighted by atomic mass is 16.6. The summed E-state index contributed by atoms with van der Waals surface area (Å²) < 4.78 is 5.46. The summed E-state index contributed by atoms with van der Waals surface area (Å²) in [5, 5.41) is 14.1. The Bertz CT molecular complexity index is 609. The lowest BCUT2D eigenvalue weighted by atomic mass is 10.1. The standard InChI is InChI=1S/C14H17N3O3/c1-9-8-15-14(20-9)11(3)16-10(2)12-5-4-6-13(7-12)17(18)19/h4-8,10-11,16H,1-3H3. The Labute approximate surface area is 117 Å². The van der Waals surface area contributed by atoms with E-state index in [2.05, 4.69) is 10.3 Å². The van der Waals surface area contributed by atoms with E-state index in [0.717, 1.165) is 11.3 Å². The molecule has 2 atom stereocenters. The Kier molecular flexibility index (Phi) is 4.14. The molecule has 6 heteroatoms. The number of nitro groups is 1. The highest BCUT2D eigenvalue weighted by Crippen LogP contribution is 2.22. The van der Waals surface area contributed by atoms with Gasteiger partial charge in [0.25, 0.3) is 5.69 Å². The van der Waals surface area contributed by atoms with Crippen molar-refractivity contribution in [1.29, 1.82) is 0 Å². The smallest absolute Gasteiger partial charge is 0.269 e. The molecular weight excluding hydrogens is 258 g/mol. The summed E-state index contributed by atoms with van der Waals surface area (Å²) >= 11 is 0. The molecule has 0 spiro atoms. The zero-order chi connectivity index (χ0) is 14.7. The van der Waals surface area contributed by atoms with Crippen LogP contribution in [-0.4, -0.2) is 9.91 Å². The van der Waals surface area contributed by atoms with Crippen LogP contribution in [0.1, 0.15) is 43.1 Å². The Morgan fingerprint density at radius 3 is 2.70 bits per heavy atom. The van der Waals surface area contributed by atoms with Crippen molar-refractivity contribution in [3.63, 3.8) is 0 Å². The minimum atomic E-state index is -0.392. The van der Waals surface area contributed by atoms with Crippen LogP contribution in [0.15, 0.2) is 34.9 Å². The highest BCUT2D eigenvalue weighted by Gasteiger charge is 2.16. The van der Waals surface area contributed by atoms with Crippen molar-refractivity contribution in [2.45, 2.75) is 32.9 Å². The van der Waals surface area contributed by atoms with Gasteiger partial charge in [0.1, 0.15) is 5.76 Å². The lowest BCUT2D eigenvalue weighted by Crippen LogP contribution is -2.22. The number of benzene rings is 1. The third-order valence-corrected chi connectivity index (χ3v) is 3.09. The number of aromatic nitrogens is 1. The van der Waals surface area contributed by atoms with E-state index in [1.807, 2.05) is 26.8 Å². The molecule has 0 aliphatic heterocycles. The van der Waals surface area contributed by atoms with Crippen LogP contribution >= 0.6 is 0 Å². The number of aryl methyl sites for hydroxylation is 1. The van der Waals surface area contributed by atoms with Crippen LogP contribution in [0.25, 0.3) is 0 Å². The molecule has 6 nitrogen and oxygen atoms in total. The fraction of sp³-hybridized carbons (Fsp3) is 0.357. The number of hydrogen-bond acceptors (Lipinski definition) is 5. The van der Waals surface area contributed by atoms with Crippen molar-refractivity contribution < 1.29 is 9.34 Å². The van der Waals surface area contributed by atoms with E-state index < -0.39 is 4.92 Å². The van der Waals surface area contributed by atoms with Gasteiger partial charge in [-0.25, -0.2) is 4.98 Å². The van der Waals surface area contributed by atoms with Crippen molar-refractivity contribution in [3.05, 3.63) is 57.8 Å². The number of oxazole rings is 1. The van der Waals surface area contributed by atoms with Gasteiger partial charge in [0.15, 0.2) is 0 Å². The number of rotatable bonds is 5. The highest BCUT2D eigenvalue weighted by molar-refractivity contribution is 5.35. The molecule has 0 fully saturated rings. The molecule has 1 heterocycles. The van der Waals surface area contributed by atoms with Crippen molar-refractivity contribution in [2.75, 3.05) is 0 Å². The lowest BCUT2D eigenvalue weighted by Gasteiger charge is -2.18. The fourth-order valence-corrected chi connectivity index (χ4v) is 2.02. The first-order valence-corrected chi connectivity index (χ1v) is 6.40. The zero-order valence-electron chi connectivity index (χ0n) is 11.7. The van der Waals surface area contributed by atoms with E-state index >= 15 is 0 Å². The van der Waals surface area contributed by atoms with Gasteiger partial charge in [-0.2, -0.15) is 0 Å². The fourth-order valence-electron chi connectivity index (χ4n) is 2.02. The lowest BCUT2D eigenvalue weighted by molar-refractivity contribution is -0.384. The van der Waals surface area contributed by atoms with Gasteiger partial charge in [0, 0.05) is 18.2 Å². The third kappa shape index (κ3) is 3.21. The molecule has 1 aromatic carbocycles. The first-order chi connectivity index (χ1) is 9.47. The topological polar surface area (TPSA) is 81.2 Å². The largest absolute Gasteiger partial charge is 0.444 e. The Balaban J connectivity index is 2.09. The zero-order valence-corrected chi connectivity index (χ0v) is 11.7. The summed E-state index contributed by atoms with van der Waals surface area (Å²) in [6.07, 6.45) is 1.67. The van der Waals surface area contributed by atoms with Crippen molar-refractivity contribution in [2.24, 2.45) is 0 Å². The van der Waals surface area contributed by atoms with Gasteiger partial charge in [-0.05, 0) is 26.3 Å². The molecule has 2 unspecified atom stereocenters. The summed E-state index contributed by atoms with van der Waals surface area (Å²) in [6, 6.07) is 6.49. The molecule has 106 valence electrons. The first-order valence-electron chi connectivity index (χ1n) is 6.40. The summed E-state index contributed by atoms with van der Waals surface area (Å²) in [5.41, 5.74) is 0.949. The van der Waals surface area contributed by atoms with Gasteiger partial charge in [0.2, 0.25) is 5.89 Å². The van der Waals surface area contributed by atoms with E-state index in [4.69, 9.17) is 4.42 Å². The van der Waals surface area contributed by atoms with Crippen LogP contribution in [0.4, 0.5) is 5.69 Å². The van der Waals surface area contributed by atoms with Gasteiger partial charge in [-0.3, -0.25) is 15.4 Å². The van der Waals surface area contributed by atoms with Crippen LogP contribution in [0.3, 0.4) is 0 Å². The SMILES string of the molecule is Cc1cnc(C(C)NC(C)c2cccc([N+](=O)[O-])c2)o1. The van der Waals surface area contributed by atoms with Crippen LogP contribution in [0.2, 0.25) is 0 Å². The van der Waals surface area contributed by atoms with E-state index in [1.54, 1.807) is 18.3 Å². The van der Waals surface area contributed by atoms with Gasteiger partial charge < -0.3 is 4.42 Å². The number of nitrogens with zero attached hydrogens (tertiary/aromatic N) is 2. The number of nitrogens with one attached hydrogen (secondary N) is 1. The van der Waals surface area contributed by atoms with Crippen molar-refractivity contribution in [3.8, 4) is 0 Å². The predicted molar refractivity (Wildman–Crippen MR) is 74.3 cm³/mol. The minimum Gasteiger partial charge on any atom is -0.444 e. The Morgan fingerprint density at radius 2 is 2.10 bits per heavy atom. The van der Waals surface area contributed by atoms with Crippen LogP contribution in [-0.2, 0) is 0 Å². The van der Waals surface area contributed by atoms with Crippen LogP contribution in [0, 0.1) is 17.0 Å². The summed E-state index contributed by atoms with van der Waals surface area (Å²) in [4.78, 5) is 14.6. The van der Waals surface area contributed by atoms with E-state index in [-0.39, 0.29) is 17.8 Å². The maximum atomic E-state index is 10.8. The number of hydrogen-bond donors (Lipinski definition) is 1. The maximum Gasteiger partial charge on any atom is 0.269 e. The van der Waals surface area contributed by atoms with Crippen molar-refractivity contribution >= 4 is 5.69 Å². The monoisotopic (exact) mass is 275 g/mol. The first kappa shape index (κ1) is 14.2. The number of non-ortho nitro benzene ring substituents is 1. The molecule has 1 aromatic heterocycles. The number of nitro benzene ring substituents is 1. The van der Waals surface area contributed by atoms with Gasteiger partial charge in [-0.15, -0.1) is 0 Å². The molecular formula is C14H17N3O3.